The quantitative estimate of drug-likeness (QED) is 0.562. The molecule has 2 aromatic carbocycles. The van der Waals surface area contributed by atoms with Gasteiger partial charge in [0.2, 0.25) is 0 Å². The summed E-state index contributed by atoms with van der Waals surface area (Å²) in [5, 5.41) is 16.3. The van der Waals surface area contributed by atoms with Gasteiger partial charge in [-0.2, -0.15) is 5.10 Å². The number of hydrazone groups is 1. The Balaban J connectivity index is 1.83. The Bertz CT molecular complexity index is 1400. The third kappa shape index (κ3) is 3.59. The van der Waals surface area contributed by atoms with E-state index in [1.807, 2.05) is 70.2 Å². The first kappa shape index (κ1) is 21.0. The zero-order valence-corrected chi connectivity index (χ0v) is 18.9. The predicted octanol–water partition coefficient (Wildman–Crippen LogP) is 4.88. The van der Waals surface area contributed by atoms with Gasteiger partial charge in [0.25, 0.3) is 0 Å². The summed E-state index contributed by atoms with van der Waals surface area (Å²) in [6, 6.07) is 10.4. The largest absolute Gasteiger partial charge is 0.507 e. The molecule has 0 saturated carbocycles. The van der Waals surface area contributed by atoms with Crippen LogP contribution in [0.2, 0.25) is 0 Å². The van der Waals surface area contributed by atoms with Gasteiger partial charge in [0.1, 0.15) is 29.0 Å². The van der Waals surface area contributed by atoms with Crippen LogP contribution in [0.4, 0.5) is 0 Å². The first-order chi connectivity index (χ1) is 15.7. The minimum atomic E-state index is -0.664. The van der Waals surface area contributed by atoms with Gasteiger partial charge in [-0.15, -0.1) is 0 Å². The lowest BCUT2D eigenvalue weighted by Gasteiger charge is -2.31. The molecular formula is C26H25N3O4. The smallest absolute Gasteiger partial charge is 0.336 e. The van der Waals surface area contributed by atoms with Crippen LogP contribution < -0.4 is 15.8 Å². The highest BCUT2D eigenvalue weighted by atomic mass is 16.5. The van der Waals surface area contributed by atoms with Crippen molar-refractivity contribution in [2.75, 3.05) is 0 Å². The predicted molar refractivity (Wildman–Crippen MR) is 129 cm³/mol. The van der Waals surface area contributed by atoms with Gasteiger partial charge in [-0.25, -0.2) is 4.79 Å². The molecule has 1 aromatic heterocycles. The first-order valence-corrected chi connectivity index (χ1v) is 10.9. The summed E-state index contributed by atoms with van der Waals surface area (Å²) in [5.41, 5.74) is 4.70. The lowest BCUT2D eigenvalue weighted by atomic mass is 9.90. The number of phenols is 1. The van der Waals surface area contributed by atoms with Gasteiger partial charge in [-0.3, -0.25) is 10.4 Å². The molecule has 1 unspecified atom stereocenters. The molecule has 5 rings (SSSR count). The number of aromatic hydroxyl groups is 1. The van der Waals surface area contributed by atoms with Gasteiger partial charge in [-0.1, -0.05) is 44.2 Å². The first-order valence-electron chi connectivity index (χ1n) is 10.9. The zero-order valence-electron chi connectivity index (χ0n) is 18.9. The van der Waals surface area contributed by atoms with E-state index in [4.69, 9.17) is 14.1 Å². The molecule has 2 aliphatic heterocycles. The van der Waals surface area contributed by atoms with Crippen LogP contribution in [0.15, 0.2) is 61.8 Å². The Hall–Kier alpha value is -3.87. The van der Waals surface area contributed by atoms with Crippen LogP contribution >= 0.6 is 0 Å². The second-order valence-electron chi connectivity index (χ2n) is 9.10. The van der Waals surface area contributed by atoms with Crippen molar-refractivity contribution >= 4 is 29.1 Å². The number of fused-ring (bicyclic) bond motifs is 3. The summed E-state index contributed by atoms with van der Waals surface area (Å²) in [6.45, 7) is 7.89. The minimum absolute atomic E-state index is 0.0285. The van der Waals surface area contributed by atoms with Crippen LogP contribution in [0.5, 0.6) is 11.5 Å². The molecule has 7 heteroatoms. The van der Waals surface area contributed by atoms with Gasteiger partial charge < -0.3 is 14.3 Å². The van der Waals surface area contributed by atoms with E-state index in [-0.39, 0.29) is 17.3 Å². The fraction of sp³-hybridized carbons (Fsp3) is 0.269. The van der Waals surface area contributed by atoms with Crippen LogP contribution in [0.25, 0.3) is 17.0 Å². The number of aliphatic imine (C=N–C) groups is 1. The SMILES string of the molecule is CC(C)c1cc(=O)oc2c(C3C=NNC(c4ccccc4)=N3)c(O)c3c(c12)OC(C)(C)C=C3. The maximum atomic E-state index is 12.6. The molecule has 7 nitrogen and oxygen atoms in total. The van der Waals surface area contributed by atoms with E-state index < -0.39 is 17.3 Å². The second kappa shape index (κ2) is 7.62. The number of rotatable bonds is 3. The van der Waals surface area contributed by atoms with E-state index in [1.165, 1.54) is 6.07 Å². The number of nitrogens with zero attached hydrogens (tertiary/aromatic N) is 2. The Morgan fingerprint density at radius 3 is 2.67 bits per heavy atom. The molecule has 2 N–H and O–H groups in total. The van der Waals surface area contributed by atoms with Gasteiger partial charge in [-0.05, 0) is 37.5 Å². The molecule has 0 aliphatic carbocycles. The minimum Gasteiger partial charge on any atom is -0.507 e. The summed E-state index contributed by atoms with van der Waals surface area (Å²) >= 11 is 0. The van der Waals surface area contributed by atoms with Crippen molar-refractivity contribution in [2.45, 2.75) is 45.3 Å². The number of phenolic OH excluding ortho intramolecular Hbond substituents is 1. The van der Waals surface area contributed by atoms with Crippen LogP contribution in [0, 0.1) is 0 Å². The average molecular weight is 444 g/mol. The molecule has 0 spiro atoms. The fourth-order valence-electron chi connectivity index (χ4n) is 4.25. The highest BCUT2D eigenvalue weighted by Crippen LogP contribution is 2.49. The van der Waals surface area contributed by atoms with Crippen molar-refractivity contribution in [3.05, 3.63) is 75.1 Å². The molecule has 3 heterocycles. The number of hydrogen-bond acceptors (Lipinski definition) is 7. The Morgan fingerprint density at radius 2 is 1.94 bits per heavy atom. The van der Waals surface area contributed by atoms with Gasteiger partial charge >= 0.3 is 5.63 Å². The molecule has 1 atom stereocenters. The molecule has 0 fully saturated rings. The summed E-state index contributed by atoms with van der Waals surface area (Å²) in [7, 11) is 0. The normalized spacial score (nSPS) is 18.6. The fourth-order valence-corrected chi connectivity index (χ4v) is 4.25. The maximum Gasteiger partial charge on any atom is 0.336 e. The molecule has 168 valence electrons. The van der Waals surface area contributed by atoms with Gasteiger partial charge in [0.15, 0.2) is 5.58 Å². The van der Waals surface area contributed by atoms with Crippen LogP contribution in [0.3, 0.4) is 0 Å². The van der Waals surface area contributed by atoms with Crippen LogP contribution in [0.1, 0.15) is 61.9 Å². The number of hydrogen-bond donors (Lipinski definition) is 2. The van der Waals surface area contributed by atoms with Crippen molar-refractivity contribution in [2.24, 2.45) is 10.1 Å². The molecule has 3 aromatic rings. The summed E-state index contributed by atoms with van der Waals surface area (Å²) in [5.74, 6) is 1.05. The summed E-state index contributed by atoms with van der Waals surface area (Å²) in [6.07, 6.45) is 5.34. The van der Waals surface area contributed by atoms with Crippen LogP contribution in [-0.4, -0.2) is 22.8 Å². The van der Waals surface area contributed by atoms with E-state index in [9.17, 15) is 9.90 Å². The maximum absolute atomic E-state index is 12.6. The molecule has 2 aliphatic rings. The third-order valence-electron chi connectivity index (χ3n) is 5.85. The van der Waals surface area contributed by atoms with Crippen molar-refractivity contribution in [1.29, 1.82) is 0 Å². The van der Waals surface area contributed by atoms with Crippen molar-refractivity contribution < 1.29 is 14.3 Å². The highest BCUT2D eigenvalue weighted by Gasteiger charge is 2.33. The van der Waals surface area contributed by atoms with E-state index in [0.29, 0.717) is 28.1 Å². The topological polar surface area (TPSA) is 96.4 Å². The number of ether oxygens (including phenoxy) is 1. The number of amidine groups is 1. The lowest BCUT2D eigenvalue weighted by molar-refractivity contribution is 0.160. The van der Waals surface area contributed by atoms with Crippen molar-refractivity contribution in [3.63, 3.8) is 0 Å². The Labute approximate surface area is 191 Å². The standard InChI is InChI=1S/C26H25N3O4/c1-14(2)17-12-19(30)32-24-20(17)23-16(10-11-26(3,4)33-23)22(31)21(24)18-13-27-29-25(28-18)15-8-6-5-7-9-15/h5-14,18,31H,1-4H3,(H,28,29). The Kier molecular flexibility index (Phi) is 4.85. The van der Waals surface area contributed by atoms with E-state index >= 15 is 0 Å². The summed E-state index contributed by atoms with van der Waals surface area (Å²) in [4.78, 5) is 17.3. The van der Waals surface area contributed by atoms with E-state index in [2.05, 4.69) is 10.5 Å². The third-order valence-corrected chi connectivity index (χ3v) is 5.85. The number of nitrogens with one attached hydrogen (secondary N) is 1. The molecule has 0 saturated heterocycles. The summed E-state index contributed by atoms with van der Waals surface area (Å²) < 4.78 is 12.0. The molecular weight excluding hydrogens is 418 g/mol. The lowest BCUT2D eigenvalue weighted by Crippen LogP contribution is -2.28. The highest BCUT2D eigenvalue weighted by molar-refractivity contribution is 6.03. The number of benzene rings is 2. The van der Waals surface area contributed by atoms with E-state index in [0.717, 1.165) is 11.1 Å². The molecule has 0 amide bonds. The van der Waals surface area contributed by atoms with Crippen LogP contribution in [-0.2, 0) is 0 Å². The molecule has 0 radical (unpaired) electrons. The zero-order chi connectivity index (χ0) is 23.3. The second-order valence-corrected chi connectivity index (χ2v) is 9.10. The monoisotopic (exact) mass is 443 g/mol. The molecule has 0 bridgehead atoms. The molecule has 33 heavy (non-hydrogen) atoms. The van der Waals surface area contributed by atoms with E-state index in [1.54, 1.807) is 6.21 Å². The average Bonchev–Trinajstić information content (AvgIpc) is 2.78. The van der Waals surface area contributed by atoms with Crippen molar-refractivity contribution in [3.8, 4) is 11.5 Å². The van der Waals surface area contributed by atoms with Crippen molar-refractivity contribution in [1.82, 2.24) is 5.43 Å². The Morgan fingerprint density at radius 1 is 1.18 bits per heavy atom. The van der Waals surface area contributed by atoms with Gasteiger partial charge in [0, 0.05) is 11.6 Å². The van der Waals surface area contributed by atoms with Gasteiger partial charge in [0.05, 0.1) is 22.7 Å².